The molecule has 0 amide bonds. The number of ether oxygens (including phenoxy) is 5. The molecule has 576 valence electrons. The fraction of sp³-hybridized carbons (Fsp3) is 0.461. The average molecular weight is 1460 g/mol. The molecule has 0 bridgehead atoms. The van der Waals surface area contributed by atoms with Crippen LogP contribution in [-0.4, -0.2) is 34.5 Å². The Hall–Kier alpha value is -7.94. The summed E-state index contributed by atoms with van der Waals surface area (Å²) in [6.07, 6.45) is 2.21. The average Bonchev–Trinajstić information content (AvgIpc) is 0.793. The van der Waals surface area contributed by atoms with Crippen molar-refractivity contribution in [2.45, 2.75) is 189 Å². The van der Waals surface area contributed by atoms with E-state index in [2.05, 4.69) is 55.4 Å². The maximum atomic E-state index is 13.6. The third kappa shape index (κ3) is 37.7. The monoisotopic (exact) mass is 1460 g/mol. The van der Waals surface area contributed by atoms with Gasteiger partial charge in [0.1, 0.15) is 86.9 Å². The van der Waals surface area contributed by atoms with Crippen LogP contribution in [-0.2, 0) is 51.3 Å². The highest BCUT2D eigenvalue weighted by atomic mass is 19.2. The molecule has 2 unspecified atom stereocenters. The molecule has 0 saturated carbocycles. The quantitative estimate of drug-likeness (QED) is 0.0534. The number of rotatable bonds is 25. The van der Waals surface area contributed by atoms with Crippen molar-refractivity contribution in [2.24, 2.45) is 47.3 Å². The molecule has 2 atom stereocenters. The molecule has 104 heavy (non-hydrogen) atoms. The van der Waals surface area contributed by atoms with E-state index < -0.39 is 48.3 Å². The van der Waals surface area contributed by atoms with E-state index in [-0.39, 0.29) is 75.2 Å². The summed E-state index contributed by atoms with van der Waals surface area (Å²) < 4.78 is 190. The van der Waals surface area contributed by atoms with Gasteiger partial charge in [-0.3, -0.25) is 0 Å². The highest BCUT2D eigenvalue weighted by molar-refractivity contribution is 5.38. The van der Waals surface area contributed by atoms with Crippen molar-refractivity contribution >= 4 is 0 Å². The minimum Gasteiger partial charge on any atom is -0.496 e. The topological polar surface area (TPSA) is 46.2 Å². The van der Waals surface area contributed by atoms with Crippen molar-refractivity contribution in [2.75, 3.05) is 34.5 Å². The van der Waals surface area contributed by atoms with E-state index in [0.717, 1.165) is 44.1 Å². The first-order chi connectivity index (χ1) is 50.8. The highest BCUT2D eigenvalue weighted by Crippen LogP contribution is 2.29. The van der Waals surface area contributed by atoms with Gasteiger partial charge in [-0.2, -0.15) is 0 Å². The molecule has 0 aliphatic rings. The van der Waals surface area contributed by atoms with Crippen LogP contribution in [0.25, 0.3) is 0 Å². The van der Waals surface area contributed by atoms with Gasteiger partial charge in [0.15, 0.2) is 0 Å². The molecule has 0 aliphatic carbocycles. The summed E-state index contributed by atoms with van der Waals surface area (Å²) in [5, 5.41) is 0. The fourth-order valence-corrected chi connectivity index (χ4v) is 9.86. The molecule has 8 aromatic rings. The smallest absolute Gasteiger partial charge is 0.130 e. The number of benzene rings is 8. The summed E-state index contributed by atoms with van der Waals surface area (Å²) in [4.78, 5) is 0. The summed E-state index contributed by atoms with van der Waals surface area (Å²) in [5.41, 5.74) is 3.35. The molecule has 8 aromatic carbocycles. The molecule has 8 rings (SSSR count). The predicted molar refractivity (Wildman–Crippen MR) is 411 cm³/mol. The molecule has 5 nitrogen and oxygen atoms in total. The second kappa shape index (κ2) is 52.1. The van der Waals surface area contributed by atoms with E-state index in [1.807, 2.05) is 65.8 Å². The molecule has 15 heteroatoms. The fourth-order valence-electron chi connectivity index (χ4n) is 9.86. The van der Waals surface area contributed by atoms with Crippen LogP contribution in [0.15, 0.2) is 152 Å². The first kappa shape index (κ1) is 86.7. The summed E-state index contributed by atoms with van der Waals surface area (Å²) in [6, 6.07) is 38.6. The lowest BCUT2D eigenvalue weighted by Gasteiger charge is -2.13. The van der Waals surface area contributed by atoms with Gasteiger partial charge in [-0.1, -0.05) is 185 Å². The highest BCUT2D eigenvalue weighted by Gasteiger charge is 2.16. The zero-order chi connectivity index (χ0) is 82.1. The van der Waals surface area contributed by atoms with E-state index in [9.17, 15) is 43.9 Å². The molecule has 0 N–H and O–H groups in total. The zero-order valence-electron chi connectivity index (χ0n) is 69.4. The van der Waals surface area contributed by atoms with Crippen LogP contribution < -0.4 is 23.7 Å². The van der Waals surface area contributed by atoms with Gasteiger partial charge in [0.05, 0.1) is 34.5 Å². The molecule has 0 saturated heterocycles. The first-order valence-electron chi connectivity index (χ1n) is 38.1. The van der Waals surface area contributed by atoms with Crippen LogP contribution in [0.1, 0.15) is 187 Å². The van der Waals surface area contributed by atoms with E-state index >= 15 is 0 Å². The Morgan fingerprint density at radius 1 is 0.260 bits per heavy atom. The summed E-state index contributed by atoms with van der Waals surface area (Å²) >= 11 is 0. The van der Waals surface area contributed by atoms with Gasteiger partial charge < -0.3 is 23.7 Å². The summed E-state index contributed by atoms with van der Waals surface area (Å²) in [7, 11) is 4.47. The summed E-state index contributed by atoms with van der Waals surface area (Å²) in [5.74, 6) is 0.892. The molecule has 0 heterocycles. The van der Waals surface area contributed by atoms with Crippen LogP contribution >= 0.6 is 0 Å². The Balaban J connectivity index is 0.000000618. The van der Waals surface area contributed by atoms with Gasteiger partial charge in [0.25, 0.3) is 0 Å². The number of hydrogen-bond acceptors (Lipinski definition) is 5. The number of halogens is 10. The Bertz CT molecular complexity index is 3720. The number of hydrogen-bond donors (Lipinski definition) is 0. The minimum atomic E-state index is -1.73. The van der Waals surface area contributed by atoms with Gasteiger partial charge >= 0.3 is 0 Å². The van der Waals surface area contributed by atoms with Crippen molar-refractivity contribution in [3.63, 3.8) is 0 Å². The molecular formula is C89H120F10O5. The molecule has 0 fully saturated rings. The van der Waals surface area contributed by atoms with Gasteiger partial charge in [0, 0.05) is 44.4 Å². The van der Waals surface area contributed by atoms with Gasteiger partial charge in [0.2, 0.25) is 0 Å². The van der Waals surface area contributed by atoms with Crippen LogP contribution in [0, 0.1) is 106 Å². The third-order valence-electron chi connectivity index (χ3n) is 14.3. The molecule has 0 spiro atoms. The second-order valence-corrected chi connectivity index (χ2v) is 27.8. The second-order valence-electron chi connectivity index (χ2n) is 27.8. The van der Waals surface area contributed by atoms with Crippen molar-refractivity contribution in [3.05, 3.63) is 254 Å². The van der Waals surface area contributed by atoms with Crippen LogP contribution in [0.3, 0.4) is 0 Å². The Kier molecular flexibility index (Phi) is 43.4. The minimum absolute atomic E-state index is 0.00231. The maximum Gasteiger partial charge on any atom is 0.130 e. The third-order valence-corrected chi connectivity index (χ3v) is 14.3. The predicted octanol–water partition coefficient (Wildman–Crippen LogP) is 26.1. The van der Waals surface area contributed by atoms with Gasteiger partial charge in [-0.05, 0) is 208 Å². The van der Waals surface area contributed by atoms with E-state index in [0.29, 0.717) is 88.6 Å². The van der Waals surface area contributed by atoms with Gasteiger partial charge in [-0.25, -0.2) is 43.9 Å². The first-order valence-corrected chi connectivity index (χ1v) is 36.0. The maximum absolute atomic E-state index is 13.6. The molecular weight excluding hydrogens is 1340 g/mol. The Labute approximate surface area is 624 Å². The lowest BCUT2D eigenvalue weighted by molar-refractivity contribution is 0.310. The van der Waals surface area contributed by atoms with Crippen LogP contribution in [0.5, 0.6) is 28.7 Å². The van der Waals surface area contributed by atoms with E-state index in [4.69, 9.17) is 29.2 Å². The normalized spacial score (nSPS) is 12.0. The van der Waals surface area contributed by atoms with E-state index in [1.54, 1.807) is 83.3 Å². The van der Waals surface area contributed by atoms with Crippen molar-refractivity contribution in [1.29, 1.82) is 0 Å². The number of methoxy groups -OCH3 is 3. The zero-order valence-corrected chi connectivity index (χ0v) is 65.4. The molecule has 0 aliphatic heterocycles. The van der Waals surface area contributed by atoms with Crippen LogP contribution in [0.4, 0.5) is 43.9 Å². The standard InChI is InChI=1S/2C13H19FO.3C11H15FO.2C10H12F2.C10H13F/c2*1-4-8-15-13-7-5-6-12(14)11(13)9-10(2)3;3*1-8(2)7-9-10(12)5-4-6-11(9)13-3;2*1-7(2)6-8-9(11)4-3-5-10(8)12;1-8(2)7-9-5-3-4-6-10(9)11/h2*5-7,10H,4,8-9H2,1-3H3;3*4-6,8H,7H2,1-3H3;2*3-5,7H,6H2,1-2H3;3-6,8H,7H2,1-2H3/i;;7D2;7D;;6D;;. The SMILES string of the molecule is CC(C)Cc1c(F)cccc1F.CC(C)Cc1ccccc1F.CCCOc1cccc(F)c1CC(C)C.CCCOc1cccc(F)c1CC(C)C.COc1cccc(F)c1CC(C)C.[2H]C([2H])(c1c(F)cccc1OC)C(C)C.[2H]C(c1c(F)cccc1F)C(C)C.[2H]C(c1c(F)cccc1OC)C(C)C. The summed E-state index contributed by atoms with van der Waals surface area (Å²) in [6.45, 7) is 36.6. The van der Waals surface area contributed by atoms with Crippen LogP contribution in [0.2, 0.25) is 0 Å². The van der Waals surface area contributed by atoms with Gasteiger partial charge in [-0.15, -0.1) is 0 Å². The van der Waals surface area contributed by atoms with Crippen molar-refractivity contribution < 1.29 is 73.1 Å². The Morgan fingerprint density at radius 2 is 0.510 bits per heavy atom. The van der Waals surface area contributed by atoms with Crippen molar-refractivity contribution in [3.8, 4) is 28.7 Å². The van der Waals surface area contributed by atoms with E-state index in [1.165, 1.54) is 93.1 Å². The molecule has 0 radical (unpaired) electrons. The lowest BCUT2D eigenvalue weighted by atomic mass is 10.0. The largest absolute Gasteiger partial charge is 0.496 e. The van der Waals surface area contributed by atoms with Crippen molar-refractivity contribution in [1.82, 2.24) is 0 Å². The Morgan fingerprint density at radius 3 is 0.827 bits per heavy atom. The lowest BCUT2D eigenvalue weighted by Crippen LogP contribution is -2.04. The molecule has 0 aromatic heterocycles.